The van der Waals surface area contributed by atoms with Crippen LogP contribution in [0.1, 0.15) is 6.92 Å². The van der Waals surface area contributed by atoms with E-state index in [0.717, 1.165) is 0 Å². The Morgan fingerprint density at radius 3 is 1.18 bits per heavy atom. The van der Waals surface area contributed by atoms with E-state index in [1.165, 1.54) is 0 Å². The van der Waals surface area contributed by atoms with Crippen LogP contribution >= 0.6 is 7.82 Å². The molecule has 0 bridgehead atoms. The quantitative estimate of drug-likeness (QED) is 0.315. The van der Waals surface area contributed by atoms with Gasteiger partial charge in [0.25, 0.3) is 0 Å². The fourth-order valence-corrected chi connectivity index (χ4v) is 0. The van der Waals surface area contributed by atoms with Gasteiger partial charge in [0.15, 0.2) is 0 Å². The molecule has 0 aliphatic carbocycles. The third-order valence-electron chi connectivity index (χ3n) is 0. The topological polar surface area (TPSA) is 106 Å². The van der Waals surface area contributed by atoms with Gasteiger partial charge in [-0.15, -0.1) is 0 Å². The number of aliphatic hydroxyl groups is 1. The van der Waals surface area contributed by atoms with Crippen molar-refractivity contribution >= 4 is 7.82 Å². The van der Waals surface area contributed by atoms with Crippen molar-refractivity contribution in [2.24, 2.45) is 0 Å². The standard InChI is InChI=1S/C2H6O.3Na.H3O4P/c1-2-3;;;;1-5(2,3)4/h3H,2H2,1H3;;;;(H3,1,2,3,4)/q;3*+1;/p-3. The van der Waals surface area contributed by atoms with E-state index in [9.17, 15) is 0 Å². The van der Waals surface area contributed by atoms with Gasteiger partial charge in [0.2, 0.25) is 0 Å². The van der Waals surface area contributed by atoms with Gasteiger partial charge in [-0.1, -0.05) is 0 Å². The molecule has 0 spiro atoms. The summed E-state index contributed by atoms with van der Waals surface area (Å²) in [5.41, 5.74) is 0. The van der Waals surface area contributed by atoms with E-state index in [1.54, 1.807) is 6.92 Å². The maximum atomic E-state index is 8.55. The first kappa shape index (κ1) is 29.2. The van der Waals surface area contributed by atoms with Gasteiger partial charge in [-0.3, -0.25) is 0 Å². The predicted octanol–water partition coefficient (Wildman–Crippen LogP) is -11.8. The smallest absolute Gasteiger partial charge is 0.822 e. The molecule has 9 heteroatoms. The van der Waals surface area contributed by atoms with Crippen molar-refractivity contribution in [2.75, 3.05) is 6.61 Å². The Morgan fingerprint density at radius 2 is 1.18 bits per heavy atom. The van der Waals surface area contributed by atoms with Crippen LogP contribution in [0, 0.1) is 0 Å². The second kappa shape index (κ2) is 18.8. The van der Waals surface area contributed by atoms with Crippen molar-refractivity contribution in [3.63, 3.8) is 0 Å². The van der Waals surface area contributed by atoms with E-state index in [0.29, 0.717) is 0 Å². The normalized spacial score (nSPS) is 7.00. The molecular weight excluding hydrogens is 204 g/mol. The fraction of sp³-hybridized carbons (Fsp3) is 1.00. The number of hydrogen-bond acceptors (Lipinski definition) is 5. The SMILES string of the molecule is CCO.O=P([O-])([O-])[O-].[Na+].[Na+].[Na+]. The van der Waals surface area contributed by atoms with Gasteiger partial charge in [0.1, 0.15) is 0 Å². The van der Waals surface area contributed by atoms with Crippen molar-refractivity contribution in [3.8, 4) is 0 Å². The molecule has 0 heterocycles. The van der Waals surface area contributed by atoms with Gasteiger partial charge in [0.05, 0.1) is 0 Å². The van der Waals surface area contributed by atoms with E-state index >= 15 is 0 Å². The molecule has 0 radical (unpaired) electrons. The summed E-state index contributed by atoms with van der Waals surface area (Å²) >= 11 is 0. The predicted molar refractivity (Wildman–Crippen MR) is 20.4 cm³/mol. The Hall–Kier alpha value is 3.07. The molecule has 1 N–H and O–H groups in total. The van der Waals surface area contributed by atoms with E-state index in [2.05, 4.69) is 0 Å². The van der Waals surface area contributed by atoms with Crippen molar-refractivity contribution in [1.82, 2.24) is 0 Å². The Balaban J connectivity index is -0.0000000183. The third-order valence-corrected chi connectivity index (χ3v) is 0. The van der Waals surface area contributed by atoms with Gasteiger partial charge in [-0.25, -0.2) is 0 Å². The van der Waals surface area contributed by atoms with Crippen LogP contribution in [0.15, 0.2) is 0 Å². The summed E-state index contributed by atoms with van der Waals surface area (Å²) in [5.74, 6) is 0. The average Bonchev–Trinajstić information content (AvgIpc) is 1.27. The second-order valence-corrected chi connectivity index (χ2v) is 1.66. The molecule has 0 unspecified atom stereocenters. The summed E-state index contributed by atoms with van der Waals surface area (Å²) in [6, 6.07) is 0. The zero-order chi connectivity index (χ0) is 7.21. The molecule has 0 amide bonds. The van der Waals surface area contributed by atoms with Crippen molar-refractivity contribution < 1.29 is 113 Å². The van der Waals surface area contributed by atoms with E-state index in [4.69, 9.17) is 24.4 Å². The molecule has 5 nitrogen and oxygen atoms in total. The number of rotatable bonds is 0. The van der Waals surface area contributed by atoms with Crippen LogP contribution in [0.2, 0.25) is 0 Å². The van der Waals surface area contributed by atoms with Gasteiger partial charge in [0, 0.05) is 6.61 Å². The molecule has 0 fully saturated rings. The molecule has 0 aromatic carbocycles. The Bertz CT molecular complexity index is 75.5. The summed E-state index contributed by atoms with van der Waals surface area (Å²) in [6.45, 7) is 1.93. The molecular formula is C2H6Na3O5P. The zero-order valence-corrected chi connectivity index (χ0v) is 14.1. The number of aliphatic hydroxyl groups excluding tert-OH is 1. The van der Waals surface area contributed by atoms with E-state index < -0.39 is 7.82 Å². The Kier molecular flexibility index (Phi) is 49.9. The maximum Gasteiger partial charge on any atom is 1.00 e. The monoisotopic (exact) mass is 210 g/mol. The first-order chi connectivity index (χ1) is 3.41. The molecule has 0 saturated heterocycles. The summed E-state index contributed by atoms with van der Waals surface area (Å²) in [5, 5.41) is 7.57. The van der Waals surface area contributed by atoms with Crippen LogP contribution in [0.5, 0.6) is 0 Å². The molecule has 0 rings (SSSR count). The minimum atomic E-state index is -5.39. The largest absolute Gasteiger partial charge is 1.00 e. The van der Waals surface area contributed by atoms with Crippen LogP contribution in [0.3, 0.4) is 0 Å². The van der Waals surface area contributed by atoms with Crippen molar-refractivity contribution in [2.45, 2.75) is 6.92 Å². The molecule has 0 aromatic rings. The minimum absolute atomic E-state index is 0. The van der Waals surface area contributed by atoms with Gasteiger partial charge >= 0.3 is 88.7 Å². The zero-order valence-electron chi connectivity index (χ0n) is 7.23. The van der Waals surface area contributed by atoms with Crippen LogP contribution in [-0.4, -0.2) is 11.7 Å². The number of phosphoric acid groups is 1. The van der Waals surface area contributed by atoms with Crippen LogP contribution in [-0.2, 0) is 4.57 Å². The maximum absolute atomic E-state index is 8.55. The van der Waals surface area contributed by atoms with E-state index in [1.807, 2.05) is 0 Å². The molecule has 0 aliphatic heterocycles. The second-order valence-electron chi connectivity index (χ2n) is 0.763. The molecule has 11 heavy (non-hydrogen) atoms. The number of hydrogen-bond donors (Lipinski definition) is 1. The van der Waals surface area contributed by atoms with Crippen molar-refractivity contribution in [1.29, 1.82) is 0 Å². The van der Waals surface area contributed by atoms with Crippen LogP contribution in [0.25, 0.3) is 0 Å². The first-order valence-corrected chi connectivity index (χ1v) is 3.21. The van der Waals surface area contributed by atoms with Crippen LogP contribution < -0.4 is 103 Å². The van der Waals surface area contributed by atoms with Gasteiger partial charge < -0.3 is 24.4 Å². The van der Waals surface area contributed by atoms with Crippen molar-refractivity contribution in [3.05, 3.63) is 0 Å². The summed E-state index contributed by atoms with van der Waals surface area (Å²) in [6.07, 6.45) is 0. The third kappa shape index (κ3) is 170. The van der Waals surface area contributed by atoms with E-state index in [-0.39, 0.29) is 95.3 Å². The Morgan fingerprint density at radius 1 is 1.18 bits per heavy atom. The molecule has 0 aliphatic rings. The van der Waals surface area contributed by atoms with Crippen LogP contribution in [0.4, 0.5) is 0 Å². The van der Waals surface area contributed by atoms with Gasteiger partial charge in [-0.05, 0) is 6.92 Å². The first-order valence-electron chi connectivity index (χ1n) is 1.75. The fourth-order valence-electron chi connectivity index (χ4n) is 0. The average molecular weight is 210 g/mol. The molecule has 52 valence electrons. The summed E-state index contributed by atoms with van der Waals surface area (Å²) in [7, 11) is -5.39. The minimum Gasteiger partial charge on any atom is -0.822 e. The van der Waals surface area contributed by atoms with Gasteiger partial charge in [-0.2, -0.15) is 7.82 Å². The molecule has 0 aromatic heterocycles. The molecule has 0 saturated carbocycles. The summed E-state index contributed by atoms with van der Waals surface area (Å²) < 4.78 is 8.55. The Labute approximate surface area is 132 Å². The molecule has 0 atom stereocenters. The summed E-state index contributed by atoms with van der Waals surface area (Å²) in [4.78, 5) is 25.6.